The van der Waals surface area contributed by atoms with Gasteiger partial charge in [0, 0.05) is 43.3 Å². The first-order chi connectivity index (χ1) is 17.0. The summed E-state index contributed by atoms with van der Waals surface area (Å²) in [6.45, 7) is 0.970. The molecule has 3 rings (SSSR count). The number of hydrazine groups is 1. The molecule has 0 unspecified atom stereocenters. The molecule has 10 heteroatoms. The summed E-state index contributed by atoms with van der Waals surface area (Å²) >= 11 is 0. The fraction of sp³-hybridized carbons (Fsp3) is 0.200. The number of nitrogens with one attached hydrogen (secondary N) is 6. The Labute approximate surface area is 204 Å². The minimum Gasteiger partial charge on any atom is -0.384 e. The lowest BCUT2D eigenvalue weighted by Gasteiger charge is -2.20. The van der Waals surface area contributed by atoms with Gasteiger partial charge in [-0.2, -0.15) is 0 Å². The van der Waals surface area contributed by atoms with E-state index in [0.717, 1.165) is 16.8 Å². The first-order valence-corrected chi connectivity index (χ1v) is 11.1. The van der Waals surface area contributed by atoms with Gasteiger partial charge in [0.25, 0.3) is 0 Å². The van der Waals surface area contributed by atoms with E-state index in [1.54, 1.807) is 36.7 Å². The molecule has 0 fully saturated rings. The normalized spacial score (nSPS) is 11.3. The van der Waals surface area contributed by atoms with E-state index in [-0.39, 0.29) is 24.2 Å². The topological polar surface area (TPSA) is 157 Å². The Balaban J connectivity index is 1.48. The van der Waals surface area contributed by atoms with Crippen LogP contribution in [0.3, 0.4) is 0 Å². The Morgan fingerprint density at radius 1 is 0.886 bits per heavy atom. The van der Waals surface area contributed by atoms with Crippen molar-refractivity contribution in [2.75, 3.05) is 18.4 Å². The van der Waals surface area contributed by atoms with Gasteiger partial charge in [-0.15, -0.1) is 0 Å². The Morgan fingerprint density at radius 2 is 1.57 bits per heavy atom. The fourth-order valence-corrected chi connectivity index (χ4v) is 3.13. The van der Waals surface area contributed by atoms with Crippen LogP contribution in [0.25, 0.3) is 0 Å². The summed E-state index contributed by atoms with van der Waals surface area (Å²) in [5.74, 6) is -0.650. The van der Waals surface area contributed by atoms with Gasteiger partial charge >= 0.3 is 0 Å². The number of amides is 2. The lowest BCUT2D eigenvalue weighted by atomic mass is 10.1. The molecule has 1 aromatic heterocycles. The molecular formula is C25H30N8O2. The molecule has 8 N–H and O–H groups in total. The number of pyridine rings is 1. The first-order valence-electron chi connectivity index (χ1n) is 11.1. The van der Waals surface area contributed by atoms with E-state index < -0.39 is 6.04 Å². The van der Waals surface area contributed by atoms with E-state index in [1.807, 2.05) is 42.5 Å². The highest BCUT2D eigenvalue weighted by Gasteiger charge is 2.18. The smallest absolute Gasteiger partial charge is 0.240 e. The third-order valence-corrected chi connectivity index (χ3v) is 5.10. The van der Waals surface area contributed by atoms with Crippen LogP contribution >= 0.6 is 0 Å². The lowest BCUT2D eigenvalue weighted by molar-refractivity contribution is -0.127. The van der Waals surface area contributed by atoms with Gasteiger partial charge in [-0.25, -0.2) is 5.43 Å². The van der Waals surface area contributed by atoms with Gasteiger partial charge in [0.1, 0.15) is 11.9 Å². The second-order valence-electron chi connectivity index (χ2n) is 7.76. The van der Waals surface area contributed by atoms with Crippen LogP contribution in [0.5, 0.6) is 0 Å². The van der Waals surface area contributed by atoms with Crippen molar-refractivity contribution in [2.45, 2.75) is 19.1 Å². The Bertz CT molecular complexity index is 1090. The van der Waals surface area contributed by atoms with Crippen molar-refractivity contribution >= 4 is 23.3 Å². The van der Waals surface area contributed by atoms with Crippen LogP contribution in [0.1, 0.15) is 16.7 Å². The number of hydrogen-bond donors (Lipinski definition) is 7. The van der Waals surface area contributed by atoms with Crippen LogP contribution in [0.4, 0.5) is 5.69 Å². The molecule has 1 atom stereocenters. The van der Waals surface area contributed by atoms with Crippen LogP contribution in [0.2, 0.25) is 0 Å². The van der Waals surface area contributed by atoms with E-state index >= 15 is 0 Å². The molecule has 0 aliphatic rings. The van der Waals surface area contributed by atoms with E-state index in [4.69, 9.17) is 11.1 Å². The zero-order valence-electron chi connectivity index (χ0n) is 19.3. The number of nitrogens with two attached hydrogens (primary N) is 1. The van der Waals surface area contributed by atoms with Crippen molar-refractivity contribution in [1.29, 1.82) is 5.41 Å². The SMILES string of the molecule is N=C(N)c1ccc(CNC(=O)CNC(=O)[C@@H](CNc2ccncc2)NNCc2ccccc2)cc1. The maximum Gasteiger partial charge on any atom is 0.240 e. The van der Waals surface area contributed by atoms with Gasteiger partial charge in [0.05, 0.1) is 6.54 Å². The van der Waals surface area contributed by atoms with Crippen LogP contribution in [-0.2, 0) is 22.7 Å². The van der Waals surface area contributed by atoms with Crippen LogP contribution in [0.15, 0.2) is 79.1 Å². The van der Waals surface area contributed by atoms with Crippen molar-refractivity contribution in [1.82, 2.24) is 26.5 Å². The lowest BCUT2D eigenvalue weighted by Crippen LogP contribution is -2.54. The van der Waals surface area contributed by atoms with Crippen molar-refractivity contribution in [2.24, 2.45) is 5.73 Å². The molecule has 0 saturated heterocycles. The molecule has 0 saturated carbocycles. The average Bonchev–Trinajstić information content (AvgIpc) is 2.89. The number of amidine groups is 1. The van der Waals surface area contributed by atoms with Gasteiger partial charge < -0.3 is 21.7 Å². The van der Waals surface area contributed by atoms with E-state index in [2.05, 4.69) is 31.8 Å². The molecule has 2 aromatic carbocycles. The van der Waals surface area contributed by atoms with Gasteiger partial charge in [0.2, 0.25) is 11.8 Å². The summed E-state index contributed by atoms with van der Waals surface area (Å²) in [5.41, 5.74) is 14.9. The molecule has 0 radical (unpaired) electrons. The first kappa shape index (κ1) is 25.3. The third kappa shape index (κ3) is 8.88. The minimum absolute atomic E-state index is 0.0110. The molecule has 0 spiro atoms. The number of benzene rings is 2. The second-order valence-corrected chi connectivity index (χ2v) is 7.76. The van der Waals surface area contributed by atoms with Crippen molar-refractivity contribution in [3.63, 3.8) is 0 Å². The molecule has 1 heterocycles. The number of aromatic nitrogens is 1. The molecule has 2 amide bonds. The van der Waals surface area contributed by atoms with Gasteiger partial charge in [-0.3, -0.25) is 25.4 Å². The van der Waals surface area contributed by atoms with Gasteiger partial charge in [-0.1, -0.05) is 54.6 Å². The highest BCUT2D eigenvalue weighted by atomic mass is 16.2. The fourth-order valence-electron chi connectivity index (χ4n) is 3.13. The third-order valence-electron chi connectivity index (χ3n) is 5.10. The van der Waals surface area contributed by atoms with Crippen molar-refractivity contribution in [3.05, 3.63) is 95.8 Å². The minimum atomic E-state index is -0.640. The molecule has 10 nitrogen and oxygen atoms in total. The van der Waals surface area contributed by atoms with Crippen molar-refractivity contribution in [3.8, 4) is 0 Å². The Kier molecular flexibility index (Phi) is 9.73. The summed E-state index contributed by atoms with van der Waals surface area (Å²) in [7, 11) is 0. The summed E-state index contributed by atoms with van der Waals surface area (Å²) in [4.78, 5) is 29.1. The predicted octanol–water partition coefficient (Wildman–Crippen LogP) is 0.873. The Morgan fingerprint density at radius 3 is 2.26 bits per heavy atom. The quantitative estimate of drug-likeness (QED) is 0.110. The van der Waals surface area contributed by atoms with Crippen LogP contribution < -0.4 is 32.5 Å². The number of carbonyl (C=O) groups is 2. The Hall–Kier alpha value is -4.28. The van der Waals surface area contributed by atoms with E-state index in [0.29, 0.717) is 25.2 Å². The number of carbonyl (C=O) groups excluding carboxylic acids is 2. The highest BCUT2D eigenvalue weighted by Crippen LogP contribution is 2.04. The van der Waals surface area contributed by atoms with Crippen molar-refractivity contribution < 1.29 is 9.59 Å². The van der Waals surface area contributed by atoms with Crippen LogP contribution in [0, 0.1) is 5.41 Å². The second kappa shape index (κ2) is 13.4. The summed E-state index contributed by atoms with van der Waals surface area (Å²) in [6.07, 6.45) is 3.33. The van der Waals surface area contributed by atoms with Gasteiger partial charge in [0.15, 0.2) is 0 Å². The number of nitrogen functional groups attached to an aromatic ring is 1. The maximum atomic E-state index is 12.8. The average molecular weight is 475 g/mol. The largest absolute Gasteiger partial charge is 0.384 e. The number of anilines is 1. The molecular weight excluding hydrogens is 444 g/mol. The van der Waals surface area contributed by atoms with E-state index in [9.17, 15) is 9.59 Å². The zero-order chi connectivity index (χ0) is 24.9. The number of rotatable bonds is 13. The summed E-state index contributed by atoms with van der Waals surface area (Å²) in [5, 5.41) is 16.1. The maximum absolute atomic E-state index is 12.8. The molecule has 35 heavy (non-hydrogen) atoms. The zero-order valence-corrected chi connectivity index (χ0v) is 19.3. The molecule has 0 aliphatic carbocycles. The molecule has 182 valence electrons. The standard InChI is InChI=1S/C25H30N8O2/c26-24(27)20-8-6-19(7-9-20)14-30-23(34)17-31-25(35)22(16-29-21-10-12-28-13-11-21)33-32-15-18-4-2-1-3-5-18/h1-13,22,32-33H,14-17H2,(H3,26,27)(H,28,29)(H,30,34)(H,31,35)/t22-/m1/s1. The monoisotopic (exact) mass is 474 g/mol. The summed E-state index contributed by atoms with van der Waals surface area (Å²) in [6, 6.07) is 19.8. The van der Waals surface area contributed by atoms with Crippen LogP contribution in [-0.4, -0.2) is 41.8 Å². The van der Waals surface area contributed by atoms with Gasteiger partial charge in [-0.05, 0) is 23.3 Å². The number of hydrogen-bond acceptors (Lipinski definition) is 7. The number of nitrogens with zero attached hydrogens (tertiary/aromatic N) is 1. The molecule has 0 aliphatic heterocycles. The molecule has 0 bridgehead atoms. The summed E-state index contributed by atoms with van der Waals surface area (Å²) < 4.78 is 0. The predicted molar refractivity (Wildman–Crippen MR) is 135 cm³/mol. The molecule has 3 aromatic rings. The highest BCUT2D eigenvalue weighted by molar-refractivity contribution is 5.94. The van der Waals surface area contributed by atoms with E-state index in [1.165, 1.54) is 0 Å².